The zero-order valence-electron chi connectivity index (χ0n) is 33.5. The maximum atomic E-state index is 12.4. The van der Waals surface area contributed by atoms with E-state index >= 15 is 0 Å². The Hall–Kier alpha value is -1.17. The van der Waals surface area contributed by atoms with Crippen LogP contribution in [0, 0.1) is 0 Å². The second-order valence-corrected chi connectivity index (χ2v) is 15.3. The van der Waals surface area contributed by atoms with Crippen LogP contribution in [0.3, 0.4) is 0 Å². The molecule has 0 aromatic rings. The molecular weight excluding hydrogens is 618 g/mol. The minimum atomic E-state index is -0.947. The normalized spacial score (nSPS) is 13.8. The van der Waals surface area contributed by atoms with Crippen LogP contribution in [0.4, 0.5) is 0 Å². The predicted octanol–water partition coefficient (Wildman–Crippen LogP) is 12.6. The van der Waals surface area contributed by atoms with Gasteiger partial charge >= 0.3 is 0 Å². The van der Waals surface area contributed by atoms with E-state index in [-0.39, 0.29) is 18.9 Å². The Kier molecular flexibility index (Phi) is 39.6. The molecule has 0 rings (SSSR count). The fraction of sp³-hybridized carbons (Fsp3) is 0.889. The Labute approximate surface area is 312 Å². The summed E-state index contributed by atoms with van der Waals surface area (Å²) in [5.41, 5.74) is 0. The van der Waals surface area contributed by atoms with E-state index in [4.69, 9.17) is 0 Å². The molecule has 0 aromatic carbocycles. The number of rotatable bonds is 40. The molecule has 296 valence electrons. The largest absolute Gasteiger partial charge is 0.394 e. The Bertz CT molecular complexity index is 739. The van der Waals surface area contributed by atoms with E-state index in [0.29, 0.717) is 6.42 Å². The number of aliphatic hydroxyl groups excluding tert-OH is 3. The van der Waals surface area contributed by atoms with Crippen molar-refractivity contribution in [2.45, 2.75) is 250 Å². The third kappa shape index (κ3) is 36.6. The lowest BCUT2D eigenvalue weighted by atomic mass is 10.0. The number of nitrogens with one attached hydrogen (secondary N) is 1. The van der Waals surface area contributed by atoms with E-state index < -0.39 is 18.2 Å². The van der Waals surface area contributed by atoms with Gasteiger partial charge in [-0.25, -0.2) is 0 Å². The molecule has 3 unspecified atom stereocenters. The van der Waals surface area contributed by atoms with Crippen molar-refractivity contribution in [1.29, 1.82) is 0 Å². The average molecular weight is 706 g/mol. The maximum absolute atomic E-state index is 12.4. The lowest BCUT2D eigenvalue weighted by Gasteiger charge is -2.21. The first-order valence-corrected chi connectivity index (χ1v) is 22.1. The van der Waals surface area contributed by atoms with Crippen LogP contribution in [-0.2, 0) is 4.79 Å². The van der Waals surface area contributed by atoms with Crippen LogP contribution in [-0.4, -0.2) is 46.1 Å². The SMILES string of the molecule is CCCCCCCC/C=C/CC/C=C/C(O)C(CO)NC(=O)CC(O)CCCCCCCCCCCCCCCCCCCCCCCCC. The quantitative estimate of drug-likeness (QED) is 0.0377. The summed E-state index contributed by atoms with van der Waals surface area (Å²) < 4.78 is 0. The molecule has 0 fully saturated rings. The summed E-state index contributed by atoms with van der Waals surface area (Å²) in [6, 6.07) is -0.756. The van der Waals surface area contributed by atoms with Crippen molar-refractivity contribution in [3.8, 4) is 0 Å². The van der Waals surface area contributed by atoms with E-state index in [0.717, 1.165) is 32.1 Å². The van der Waals surface area contributed by atoms with E-state index in [2.05, 4.69) is 31.3 Å². The molecule has 1 amide bonds. The minimum Gasteiger partial charge on any atom is -0.394 e. The van der Waals surface area contributed by atoms with Crippen molar-refractivity contribution >= 4 is 5.91 Å². The van der Waals surface area contributed by atoms with Gasteiger partial charge in [0, 0.05) is 0 Å². The molecule has 0 saturated heterocycles. The van der Waals surface area contributed by atoms with Gasteiger partial charge in [-0.05, 0) is 32.1 Å². The van der Waals surface area contributed by atoms with Crippen LogP contribution in [0.1, 0.15) is 232 Å². The van der Waals surface area contributed by atoms with Gasteiger partial charge in [0.1, 0.15) is 0 Å². The maximum Gasteiger partial charge on any atom is 0.222 e. The first kappa shape index (κ1) is 48.8. The molecule has 0 aliphatic carbocycles. The first-order chi connectivity index (χ1) is 24.5. The van der Waals surface area contributed by atoms with Crippen molar-refractivity contribution < 1.29 is 20.1 Å². The molecule has 0 spiro atoms. The summed E-state index contributed by atoms with van der Waals surface area (Å²) in [7, 11) is 0. The van der Waals surface area contributed by atoms with Gasteiger partial charge in [0.2, 0.25) is 5.91 Å². The summed E-state index contributed by atoms with van der Waals surface area (Å²) in [4.78, 5) is 12.4. The highest BCUT2D eigenvalue weighted by molar-refractivity contribution is 5.76. The number of unbranched alkanes of at least 4 members (excludes halogenated alkanes) is 29. The van der Waals surface area contributed by atoms with E-state index in [1.165, 1.54) is 173 Å². The zero-order chi connectivity index (χ0) is 36.6. The molecule has 0 aromatic heterocycles. The molecule has 0 aliphatic rings. The second kappa shape index (κ2) is 40.6. The molecule has 5 nitrogen and oxygen atoms in total. The smallest absolute Gasteiger partial charge is 0.222 e. The highest BCUT2D eigenvalue weighted by atomic mass is 16.3. The Morgan fingerprint density at radius 1 is 0.500 bits per heavy atom. The topological polar surface area (TPSA) is 89.8 Å². The van der Waals surface area contributed by atoms with Crippen molar-refractivity contribution in [3.63, 3.8) is 0 Å². The number of amides is 1. The van der Waals surface area contributed by atoms with Gasteiger partial charge in [0.05, 0.1) is 31.3 Å². The second-order valence-electron chi connectivity index (χ2n) is 15.3. The van der Waals surface area contributed by atoms with Crippen LogP contribution >= 0.6 is 0 Å². The molecule has 0 aliphatic heterocycles. The first-order valence-electron chi connectivity index (χ1n) is 22.1. The lowest BCUT2D eigenvalue weighted by Crippen LogP contribution is -2.45. The van der Waals surface area contributed by atoms with Crippen LogP contribution in [0.5, 0.6) is 0 Å². The number of carbonyl (C=O) groups is 1. The molecule has 50 heavy (non-hydrogen) atoms. The summed E-state index contributed by atoms with van der Waals surface area (Å²) in [6.07, 6.45) is 49.0. The molecule has 0 bridgehead atoms. The molecular formula is C45H87NO4. The Morgan fingerprint density at radius 2 is 0.860 bits per heavy atom. The third-order valence-corrected chi connectivity index (χ3v) is 10.2. The van der Waals surface area contributed by atoms with Gasteiger partial charge in [-0.1, -0.05) is 218 Å². The van der Waals surface area contributed by atoms with E-state index in [1.807, 2.05) is 6.08 Å². The summed E-state index contributed by atoms with van der Waals surface area (Å²) in [5, 5.41) is 33.1. The van der Waals surface area contributed by atoms with Gasteiger partial charge in [-0.3, -0.25) is 4.79 Å². The number of carbonyl (C=O) groups excluding carboxylic acids is 1. The van der Waals surface area contributed by atoms with Crippen LogP contribution in [0.15, 0.2) is 24.3 Å². The number of allylic oxidation sites excluding steroid dienone is 3. The number of hydrogen-bond acceptors (Lipinski definition) is 4. The molecule has 3 atom stereocenters. The summed E-state index contributed by atoms with van der Waals surface area (Å²) in [6.45, 7) is 4.19. The van der Waals surface area contributed by atoms with Gasteiger partial charge < -0.3 is 20.6 Å². The van der Waals surface area contributed by atoms with E-state index in [1.54, 1.807) is 6.08 Å². The highest BCUT2D eigenvalue weighted by Gasteiger charge is 2.20. The van der Waals surface area contributed by atoms with Gasteiger partial charge in [-0.15, -0.1) is 0 Å². The standard InChI is InChI=1S/C45H87NO4/c1-3-5-7-9-11-13-15-17-18-19-20-21-22-23-24-25-26-27-28-30-32-34-36-38-42(48)40-45(50)46-43(41-47)44(49)39-37-35-33-31-29-16-14-12-10-8-6-4-2/h29,31,37,39,42-44,47-49H,3-28,30,32-36,38,40-41H2,1-2H3,(H,46,50)/b31-29+,39-37+. The van der Waals surface area contributed by atoms with Gasteiger partial charge in [0.25, 0.3) is 0 Å². The van der Waals surface area contributed by atoms with Crippen LogP contribution < -0.4 is 5.32 Å². The average Bonchev–Trinajstić information content (AvgIpc) is 3.11. The highest BCUT2D eigenvalue weighted by Crippen LogP contribution is 2.16. The summed E-state index contributed by atoms with van der Waals surface area (Å²) >= 11 is 0. The van der Waals surface area contributed by atoms with Crippen molar-refractivity contribution in [1.82, 2.24) is 5.32 Å². The zero-order valence-corrected chi connectivity index (χ0v) is 33.5. The molecule has 0 saturated carbocycles. The van der Waals surface area contributed by atoms with Gasteiger partial charge in [0.15, 0.2) is 0 Å². The van der Waals surface area contributed by atoms with Crippen molar-refractivity contribution in [2.75, 3.05) is 6.61 Å². The monoisotopic (exact) mass is 706 g/mol. The van der Waals surface area contributed by atoms with Crippen LogP contribution in [0.2, 0.25) is 0 Å². The van der Waals surface area contributed by atoms with Gasteiger partial charge in [-0.2, -0.15) is 0 Å². The van der Waals surface area contributed by atoms with Crippen LogP contribution in [0.25, 0.3) is 0 Å². The Morgan fingerprint density at radius 3 is 1.28 bits per heavy atom. The number of hydrogen-bond donors (Lipinski definition) is 4. The molecule has 0 radical (unpaired) electrons. The van der Waals surface area contributed by atoms with E-state index in [9.17, 15) is 20.1 Å². The molecule has 5 heteroatoms. The fourth-order valence-corrected chi connectivity index (χ4v) is 6.83. The number of aliphatic hydroxyl groups is 3. The van der Waals surface area contributed by atoms with Crippen molar-refractivity contribution in [2.24, 2.45) is 0 Å². The molecule has 0 heterocycles. The third-order valence-electron chi connectivity index (χ3n) is 10.2. The van der Waals surface area contributed by atoms with Crippen molar-refractivity contribution in [3.05, 3.63) is 24.3 Å². The summed E-state index contributed by atoms with van der Waals surface area (Å²) in [5.74, 6) is -0.323. The lowest BCUT2D eigenvalue weighted by molar-refractivity contribution is -0.124. The predicted molar refractivity (Wildman–Crippen MR) is 218 cm³/mol. The molecule has 4 N–H and O–H groups in total. The Balaban J connectivity index is 3.60. The minimum absolute atomic E-state index is 0.00956. The fourth-order valence-electron chi connectivity index (χ4n) is 6.83.